The van der Waals surface area contributed by atoms with Crippen LogP contribution in [0.25, 0.3) is 0 Å². The molecule has 0 atom stereocenters. The predicted molar refractivity (Wildman–Crippen MR) is 61.7 cm³/mol. The molecule has 4 nitrogen and oxygen atoms in total. The summed E-state index contributed by atoms with van der Waals surface area (Å²) in [6.07, 6.45) is 6.42. The van der Waals surface area contributed by atoms with E-state index < -0.39 is 0 Å². The van der Waals surface area contributed by atoms with E-state index in [1.54, 1.807) is 11.7 Å². The summed E-state index contributed by atoms with van der Waals surface area (Å²) in [7, 11) is 1.73. The van der Waals surface area contributed by atoms with Crippen molar-refractivity contribution in [1.82, 2.24) is 14.3 Å². The van der Waals surface area contributed by atoms with Crippen molar-refractivity contribution in [1.29, 1.82) is 0 Å². The number of aromatic nitrogens is 3. The normalized spacial score (nSPS) is 18.3. The van der Waals surface area contributed by atoms with E-state index in [0.717, 1.165) is 6.54 Å². The van der Waals surface area contributed by atoms with E-state index in [1.165, 1.54) is 36.7 Å². The molecule has 15 heavy (non-hydrogen) atoms. The molecule has 1 aromatic heterocycles. The molecule has 1 heterocycles. The van der Waals surface area contributed by atoms with Crippen LogP contribution in [0.2, 0.25) is 0 Å². The average molecular weight is 274 g/mol. The Morgan fingerprint density at radius 3 is 2.60 bits per heavy atom. The van der Waals surface area contributed by atoms with Gasteiger partial charge in [-0.3, -0.25) is 4.57 Å². The minimum Gasteiger partial charge on any atom is -0.273 e. The summed E-state index contributed by atoms with van der Waals surface area (Å²) >= 11 is 3.26. The van der Waals surface area contributed by atoms with Crippen LogP contribution < -0.4 is 5.69 Å². The van der Waals surface area contributed by atoms with Crippen LogP contribution in [0.15, 0.2) is 9.53 Å². The van der Waals surface area contributed by atoms with Crippen LogP contribution in [0.5, 0.6) is 0 Å². The Bertz CT molecular complexity index is 390. The predicted octanol–water partition coefficient (Wildman–Crippen LogP) is 1.92. The van der Waals surface area contributed by atoms with Crippen molar-refractivity contribution in [2.24, 2.45) is 13.0 Å². The lowest BCUT2D eigenvalue weighted by atomic mass is 9.89. The zero-order chi connectivity index (χ0) is 10.8. The van der Waals surface area contributed by atoms with Gasteiger partial charge in [-0.2, -0.15) is 0 Å². The van der Waals surface area contributed by atoms with Gasteiger partial charge in [0, 0.05) is 13.6 Å². The average Bonchev–Trinajstić information content (AvgIpc) is 2.48. The SMILES string of the molecule is Cn1c(Br)nn(CC2CCCCC2)c1=O. The maximum atomic E-state index is 11.7. The molecule has 1 saturated carbocycles. The van der Waals surface area contributed by atoms with Gasteiger partial charge >= 0.3 is 5.69 Å². The highest BCUT2D eigenvalue weighted by molar-refractivity contribution is 9.10. The molecular formula is C10H16BrN3O. The lowest BCUT2D eigenvalue weighted by molar-refractivity contribution is 0.303. The summed E-state index contributed by atoms with van der Waals surface area (Å²) in [4.78, 5) is 11.7. The first kappa shape index (κ1) is 10.9. The van der Waals surface area contributed by atoms with Crippen molar-refractivity contribution < 1.29 is 0 Å². The number of hydrogen-bond acceptors (Lipinski definition) is 2. The molecule has 0 spiro atoms. The third kappa shape index (κ3) is 2.33. The smallest absolute Gasteiger partial charge is 0.273 e. The minimum atomic E-state index is -0.0209. The fourth-order valence-corrected chi connectivity index (χ4v) is 2.54. The van der Waals surface area contributed by atoms with E-state index in [9.17, 15) is 4.79 Å². The quantitative estimate of drug-likeness (QED) is 0.826. The van der Waals surface area contributed by atoms with Crippen molar-refractivity contribution in [3.8, 4) is 0 Å². The highest BCUT2D eigenvalue weighted by Crippen LogP contribution is 2.24. The summed E-state index contributed by atoms with van der Waals surface area (Å²) in [5.74, 6) is 0.637. The first-order valence-electron chi connectivity index (χ1n) is 5.48. The Balaban J connectivity index is 2.10. The van der Waals surface area contributed by atoms with Gasteiger partial charge in [0.05, 0.1) is 0 Å². The molecule has 0 aliphatic heterocycles. The molecule has 0 aromatic carbocycles. The Morgan fingerprint density at radius 1 is 1.40 bits per heavy atom. The Morgan fingerprint density at radius 2 is 2.07 bits per heavy atom. The fraction of sp³-hybridized carbons (Fsp3) is 0.800. The molecule has 0 bridgehead atoms. The van der Waals surface area contributed by atoms with Crippen LogP contribution in [0.1, 0.15) is 32.1 Å². The molecule has 1 aliphatic carbocycles. The minimum absolute atomic E-state index is 0.0209. The summed E-state index contributed by atoms with van der Waals surface area (Å²) in [6.45, 7) is 0.776. The van der Waals surface area contributed by atoms with Crippen molar-refractivity contribution in [2.45, 2.75) is 38.6 Å². The van der Waals surface area contributed by atoms with Gasteiger partial charge in [-0.25, -0.2) is 9.48 Å². The lowest BCUT2D eigenvalue weighted by Gasteiger charge is -2.20. The molecule has 0 radical (unpaired) electrons. The molecule has 0 unspecified atom stereocenters. The number of hydrogen-bond donors (Lipinski definition) is 0. The maximum absolute atomic E-state index is 11.7. The van der Waals surface area contributed by atoms with Crippen LogP contribution in [0.4, 0.5) is 0 Å². The van der Waals surface area contributed by atoms with E-state index in [0.29, 0.717) is 10.7 Å². The van der Waals surface area contributed by atoms with Crippen LogP contribution in [-0.2, 0) is 13.6 Å². The Labute approximate surface area is 97.4 Å². The van der Waals surface area contributed by atoms with Gasteiger partial charge in [-0.1, -0.05) is 19.3 Å². The Kier molecular flexibility index (Phi) is 3.29. The van der Waals surface area contributed by atoms with Crippen molar-refractivity contribution >= 4 is 15.9 Å². The van der Waals surface area contributed by atoms with Gasteiger partial charge in [0.25, 0.3) is 0 Å². The van der Waals surface area contributed by atoms with Gasteiger partial charge in [-0.05, 0) is 34.7 Å². The van der Waals surface area contributed by atoms with Crippen LogP contribution in [0, 0.1) is 5.92 Å². The third-order valence-electron chi connectivity index (χ3n) is 3.14. The van der Waals surface area contributed by atoms with E-state index in [4.69, 9.17) is 0 Å². The summed E-state index contributed by atoms with van der Waals surface area (Å²) in [6, 6.07) is 0. The molecule has 2 rings (SSSR count). The second-order valence-corrected chi connectivity index (χ2v) is 5.01. The third-order valence-corrected chi connectivity index (χ3v) is 3.83. The molecule has 0 N–H and O–H groups in total. The van der Waals surface area contributed by atoms with Gasteiger partial charge in [-0.15, -0.1) is 5.10 Å². The second-order valence-electron chi connectivity index (χ2n) is 4.30. The first-order chi connectivity index (χ1) is 7.18. The summed E-state index contributed by atoms with van der Waals surface area (Å²) in [5, 5.41) is 4.19. The van der Waals surface area contributed by atoms with E-state index >= 15 is 0 Å². The van der Waals surface area contributed by atoms with Crippen LogP contribution in [0.3, 0.4) is 0 Å². The first-order valence-corrected chi connectivity index (χ1v) is 6.27. The fourth-order valence-electron chi connectivity index (χ4n) is 2.19. The zero-order valence-electron chi connectivity index (χ0n) is 8.95. The van der Waals surface area contributed by atoms with Crippen molar-refractivity contribution in [3.63, 3.8) is 0 Å². The second kappa shape index (κ2) is 4.51. The molecule has 1 fully saturated rings. The van der Waals surface area contributed by atoms with E-state index in [2.05, 4.69) is 21.0 Å². The number of nitrogens with zero attached hydrogens (tertiary/aromatic N) is 3. The Hall–Kier alpha value is -0.580. The topological polar surface area (TPSA) is 39.8 Å². The largest absolute Gasteiger partial charge is 0.346 e. The van der Waals surface area contributed by atoms with Crippen LogP contribution in [-0.4, -0.2) is 14.3 Å². The number of halogens is 1. The standard InChI is InChI=1S/C10H16BrN3O/c1-13-9(11)12-14(10(13)15)7-8-5-3-2-4-6-8/h8H,2-7H2,1H3. The maximum Gasteiger partial charge on any atom is 0.346 e. The van der Waals surface area contributed by atoms with E-state index in [1.807, 2.05) is 0 Å². The van der Waals surface area contributed by atoms with Gasteiger partial charge in [0.15, 0.2) is 0 Å². The molecule has 0 amide bonds. The molecule has 1 aliphatic rings. The van der Waals surface area contributed by atoms with Gasteiger partial charge < -0.3 is 0 Å². The summed E-state index contributed by atoms with van der Waals surface area (Å²) in [5.41, 5.74) is -0.0209. The summed E-state index contributed by atoms with van der Waals surface area (Å²) < 4.78 is 3.73. The van der Waals surface area contributed by atoms with Crippen molar-refractivity contribution in [3.05, 3.63) is 15.2 Å². The zero-order valence-corrected chi connectivity index (χ0v) is 10.5. The van der Waals surface area contributed by atoms with Crippen molar-refractivity contribution in [2.75, 3.05) is 0 Å². The lowest BCUT2D eigenvalue weighted by Crippen LogP contribution is -2.27. The molecule has 5 heteroatoms. The highest BCUT2D eigenvalue weighted by Gasteiger charge is 2.16. The number of rotatable bonds is 2. The van der Waals surface area contributed by atoms with Crippen LogP contribution >= 0.6 is 15.9 Å². The molecule has 84 valence electrons. The molecule has 1 aromatic rings. The monoisotopic (exact) mass is 273 g/mol. The van der Waals surface area contributed by atoms with Gasteiger partial charge in [0.2, 0.25) is 4.73 Å². The molecule has 0 saturated heterocycles. The highest BCUT2D eigenvalue weighted by atomic mass is 79.9. The van der Waals surface area contributed by atoms with Gasteiger partial charge in [0.1, 0.15) is 0 Å². The van der Waals surface area contributed by atoms with E-state index in [-0.39, 0.29) is 5.69 Å². The molecular weight excluding hydrogens is 258 g/mol.